The largest absolute Gasteiger partial charge is 0.306 e. The van der Waals surface area contributed by atoms with Crippen molar-refractivity contribution in [3.8, 4) is 5.69 Å². The number of nitrogens with zero attached hydrogens (tertiary/aromatic N) is 3. The minimum Gasteiger partial charge on any atom is -0.306 e. The highest BCUT2D eigenvalue weighted by atomic mass is 79.9. The van der Waals surface area contributed by atoms with Gasteiger partial charge in [0.15, 0.2) is 0 Å². The van der Waals surface area contributed by atoms with E-state index in [2.05, 4.69) is 26.3 Å². The Bertz CT molecular complexity index is 1010. The van der Waals surface area contributed by atoms with Crippen LogP contribution in [-0.2, 0) is 0 Å². The summed E-state index contributed by atoms with van der Waals surface area (Å²) in [6.45, 7) is 3.41. The van der Waals surface area contributed by atoms with E-state index < -0.39 is 10.8 Å². The molecule has 0 saturated carbocycles. The summed E-state index contributed by atoms with van der Waals surface area (Å²) in [5.41, 5.74) is 1.70. The highest BCUT2D eigenvalue weighted by Gasteiger charge is 2.23. The van der Waals surface area contributed by atoms with Crippen molar-refractivity contribution in [1.29, 1.82) is 0 Å². The van der Waals surface area contributed by atoms with Crippen LogP contribution in [0.5, 0.6) is 0 Å². The molecule has 0 atom stereocenters. The first-order valence-electron chi connectivity index (χ1n) is 7.75. The first kappa shape index (κ1) is 17.8. The number of hydrogen-bond donors (Lipinski definition) is 1. The second kappa shape index (κ2) is 7.09. The van der Waals surface area contributed by atoms with Gasteiger partial charge in [-0.05, 0) is 38.1 Å². The van der Waals surface area contributed by atoms with Gasteiger partial charge in [0.2, 0.25) is 0 Å². The summed E-state index contributed by atoms with van der Waals surface area (Å²) in [5.74, 6) is -0.127. The minimum absolute atomic E-state index is 0.00893. The number of halogens is 1. The predicted molar refractivity (Wildman–Crippen MR) is 102 cm³/mol. The van der Waals surface area contributed by atoms with Crippen LogP contribution < -0.4 is 5.32 Å². The molecule has 0 aliphatic rings. The van der Waals surface area contributed by atoms with Gasteiger partial charge >= 0.3 is 0 Å². The Morgan fingerprint density at radius 2 is 1.92 bits per heavy atom. The Morgan fingerprint density at radius 1 is 1.19 bits per heavy atom. The van der Waals surface area contributed by atoms with Crippen LogP contribution in [-0.4, -0.2) is 20.6 Å². The molecule has 1 heterocycles. The number of rotatable bonds is 4. The fourth-order valence-corrected chi connectivity index (χ4v) is 3.05. The number of nitrogens with one attached hydrogen (secondary N) is 1. The lowest BCUT2D eigenvalue weighted by Crippen LogP contribution is -2.17. The molecule has 7 nitrogen and oxygen atoms in total. The zero-order valence-corrected chi connectivity index (χ0v) is 15.6. The normalized spacial score (nSPS) is 10.6. The number of nitro groups is 1. The predicted octanol–water partition coefficient (Wildman–Crippen LogP) is 4.41. The van der Waals surface area contributed by atoms with Crippen LogP contribution in [0.4, 0.5) is 11.5 Å². The van der Waals surface area contributed by atoms with Crippen molar-refractivity contribution >= 4 is 33.3 Å². The lowest BCUT2D eigenvalue weighted by Gasteiger charge is -2.10. The Hall–Kier alpha value is -3.00. The second-order valence-electron chi connectivity index (χ2n) is 5.74. The summed E-state index contributed by atoms with van der Waals surface area (Å²) in [7, 11) is 0. The summed E-state index contributed by atoms with van der Waals surface area (Å²) in [4.78, 5) is 23.5. The van der Waals surface area contributed by atoms with Crippen molar-refractivity contribution in [2.24, 2.45) is 0 Å². The summed E-state index contributed by atoms with van der Waals surface area (Å²) in [6, 6.07) is 13.8. The molecule has 3 aromatic rings. The number of carbonyl (C=O) groups is 1. The van der Waals surface area contributed by atoms with E-state index in [9.17, 15) is 14.9 Å². The highest BCUT2D eigenvalue weighted by molar-refractivity contribution is 9.10. The smallest absolute Gasteiger partial charge is 0.285 e. The van der Waals surface area contributed by atoms with Gasteiger partial charge in [-0.2, -0.15) is 5.10 Å². The van der Waals surface area contributed by atoms with Gasteiger partial charge in [0.1, 0.15) is 11.4 Å². The lowest BCUT2D eigenvalue weighted by molar-refractivity contribution is -0.385. The van der Waals surface area contributed by atoms with Crippen molar-refractivity contribution in [2.45, 2.75) is 13.8 Å². The molecule has 8 heteroatoms. The number of para-hydroxylation sites is 1. The van der Waals surface area contributed by atoms with E-state index in [1.807, 2.05) is 24.3 Å². The van der Waals surface area contributed by atoms with E-state index in [1.165, 1.54) is 6.07 Å². The van der Waals surface area contributed by atoms with Crippen LogP contribution in [0.1, 0.15) is 21.6 Å². The highest BCUT2D eigenvalue weighted by Crippen LogP contribution is 2.25. The zero-order chi connectivity index (χ0) is 18.8. The van der Waals surface area contributed by atoms with Crippen LogP contribution in [0, 0.1) is 24.0 Å². The molecule has 0 aliphatic carbocycles. The summed E-state index contributed by atoms with van der Waals surface area (Å²) >= 11 is 3.41. The fourth-order valence-electron chi connectivity index (χ4n) is 2.66. The van der Waals surface area contributed by atoms with Crippen LogP contribution in [0.15, 0.2) is 53.0 Å². The van der Waals surface area contributed by atoms with Gasteiger partial charge in [0.25, 0.3) is 11.6 Å². The molecule has 0 unspecified atom stereocenters. The average Bonchev–Trinajstić information content (AvgIpc) is 2.94. The molecule has 0 radical (unpaired) electrons. The number of amides is 1. The molecule has 0 saturated heterocycles. The van der Waals surface area contributed by atoms with Crippen molar-refractivity contribution in [1.82, 2.24) is 9.78 Å². The molecule has 132 valence electrons. The molecule has 1 N–H and O–H groups in total. The van der Waals surface area contributed by atoms with Crippen LogP contribution in [0.25, 0.3) is 5.69 Å². The van der Waals surface area contributed by atoms with Gasteiger partial charge in [-0.3, -0.25) is 14.9 Å². The van der Waals surface area contributed by atoms with E-state index in [0.717, 1.165) is 10.2 Å². The van der Waals surface area contributed by atoms with Gasteiger partial charge in [0, 0.05) is 16.1 Å². The number of benzene rings is 2. The van der Waals surface area contributed by atoms with E-state index in [-0.39, 0.29) is 11.3 Å². The van der Waals surface area contributed by atoms with Gasteiger partial charge in [-0.1, -0.05) is 34.1 Å². The Balaban J connectivity index is 2.00. The Morgan fingerprint density at radius 3 is 2.62 bits per heavy atom. The SMILES string of the molecule is Cc1cc(NC(=O)c2cccc(C)c2[N+](=O)[O-])n(-c2cccc(Br)c2)n1. The molecule has 26 heavy (non-hydrogen) atoms. The second-order valence-corrected chi connectivity index (χ2v) is 6.66. The summed E-state index contributed by atoms with van der Waals surface area (Å²) in [5, 5.41) is 18.5. The van der Waals surface area contributed by atoms with Crippen molar-refractivity contribution < 1.29 is 9.72 Å². The number of aryl methyl sites for hydroxylation is 2. The van der Waals surface area contributed by atoms with Crippen LogP contribution in [0.2, 0.25) is 0 Å². The zero-order valence-electron chi connectivity index (χ0n) is 14.1. The molecular weight excluding hydrogens is 400 g/mol. The molecule has 0 fully saturated rings. The number of anilines is 1. The standard InChI is InChI=1S/C18H15BrN4O3/c1-11-5-3-8-15(17(11)23(25)26)18(24)20-16-9-12(2)21-22(16)14-7-4-6-13(19)10-14/h3-10H,1-2H3,(H,20,24). The quantitative estimate of drug-likeness (QED) is 0.505. The first-order chi connectivity index (χ1) is 12.4. The molecule has 3 rings (SSSR count). The third kappa shape index (κ3) is 3.50. The molecule has 2 aromatic carbocycles. The molecule has 1 aromatic heterocycles. The van der Waals surface area contributed by atoms with Crippen LogP contribution >= 0.6 is 15.9 Å². The molecule has 0 bridgehead atoms. The van der Waals surface area contributed by atoms with Crippen molar-refractivity contribution in [3.05, 3.63) is 79.9 Å². The minimum atomic E-state index is -0.559. The molecule has 0 aliphatic heterocycles. The number of hydrogen-bond acceptors (Lipinski definition) is 4. The van der Waals surface area contributed by atoms with Crippen molar-refractivity contribution in [3.63, 3.8) is 0 Å². The maximum absolute atomic E-state index is 12.7. The molecule has 0 spiro atoms. The van der Waals surface area contributed by atoms with Gasteiger partial charge in [-0.25, -0.2) is 4.68 Å². The molecule has 1 amide bonds. The Labute approximate surface area is 157 Å². The summed E-state index contributed by atoms with van der Waals surface area (Å²) < 4.78 is 2.45. The third-order valence-electron chi connectivity index (χ3n) is 3.79. The number of carbonyl (C=O) groups excluding carboxylic acids is 1. The maximum Gasteiger partial charge on any atom is 0.285 e. The monoisotopic (exact) mass is 414 g/mol. The maximum atomic E-state index is 12.7. The number of nitro benzene ring substituents is 1. The van der Waals surface area contributed by atoms with Gasteiger partial charge < -0.3 is 5.32 Å². The van der Waals surface area contributed by atoms with E-state index in [0.29, 0.717) is 17.1 Å². The third-order valence-corrected chi connectivity index (χ3v) is 4.28. The topological polar surface area (TPSA) is 90.1 Å². The lowest BCUT2D eigenvalue weighted by atomic mass is 10.1. The van der Waals surface area contributed by atoms with E-state index in [4.69, 9.17) is 0 Å². The summed E-state index contributed by atoms with van der Waals surface area (Å²) in [6.07, 6.45) is 0. The number of aromatic nitrogens is 2. The Kier molecular flexibility index (Phi) is 4.85. The van der Waals surface area contributed by atoms with Crippen LogP contribution in [0.3, 0.4) is 0 Å². The van der Waals surface area contributed by atoms with Crippen molar-refractivity contribution in [2.75, 3.05) is 5.32 Å². The average molecular weight is 415 g/mol. The van der Waals surface area contributed by atoms with Gasteiger partial charge in [-0.15, -0.1) is 0 Å². The first-order valence-corrected chi connectivity index (χ1v) is 8.54. The van der Waals surface area contributed by atoms with E-state index >= 15 is 0 Å². The fraction of sp³-hybridized carbons (Fsp3) is 0.111. The molecular formula is C18H15BrN4O3. The van der Waals surface area contributed by atoms with E-state index in [1.54, 1.807) is 36.7 Å². The van der Waals surface area contributed by atoms with Gasteiger partial charge in [0.05, 0.1) is 16.3 Å².